The number of carbonyl (C=O) groups is 1. The van der Waals surface area contributed by atoms with Crippen LogP contribution in [-0.2, 0) is 0 Å². The van der Waals surface area contributed by atoms with Gasteiger partial charge in [0.15, 0.2) is 0 Å². The third-order valence-corrected chi connectivity index (χ3v) is 3.78. The first kappa shape index (κ1) is 19.0. The molecule has 1 aromatic carbocycles. The second-order valence-corrected chi connectivity index (χ2v) is 6.05. The van der Waals surface area contributed by atoms with Crippen LogP contribution in [-0.4, -0.2) is 25.8 Å². The minimum absolute atomic E-state index is 0.0733. The number of aryl methyl sites for hydroxylation is 1. The summed E-state index contributed by atoms with van der Waals surface area (Å²) >= 11 is 5.86. The van der Waals surface area contributed by atoms with Crippen LogP contribution in [0, 0.1) is 17.0 Å². The van der Waals surface area contributed by atoms with Crippen molar-refractivity contribution in [1.29, 1.82) is 0 Å². The molecule has 0 bridgehead atoms. The molecule has 142 valence electrons. The SMILES string of the molecule is Cc1ccc(Nc2ncnc(NNC(=O)c3cccc(Cl)c3)c2[N+](=O)[O-])nc1. The van der Waals surface area contributed by atoms with E-state index in [1.807, 2.05) is 6.92 Å². The van der Waals surface area contributed by atoms with Gasteiger partial charge in [0.2, 0.25) is 11.6 Å². The number of nitro groups is 1. The third-order valence-electron chi connectivity index (χ3n) is 3.54. The van der Waals surface area contributed by atoms with Crippen LogP contribution in [0.4, 0.5) is 23.1 Å². The summed E-state index contributed by atoms with van der Waals surface area (Å²) in [5, 5.41) is 14.7. The van der Waals surface area contributed by atoms with E-state index < -0.39 is 16.5 Å². The van der Waals surface area contributed by atoms with E-state index in [1.165, 1.54) is 6.07 Å². The predicted octanol–water partition coefficient (Wildman–Crippen LogP) is 3.24. The number of anilines is 3. The smallest absolute Gasteiger partial charge is 0.319 e. The Morgan fingerprint density at radius 2 is 1.93 bits per heavy atom. The van der Waals surface area contributed by atoms with Crippen molar-refractivity contribution in [3.8, 4) is 0 Å². The molecular formula is C17H14ClN7O3. The Balaban J connectivity index is 1.81. The highest BCUT2D eigenvalue weighted by Gasteiger charge is 2.24. The molecule has 0 aliphatic carbocycles. The van der Waals surface area contributed by atoms with Crippen molar-refractivity contribution in [2.45, 2.75) is 6.92 Å². The fraction of sp³-hybridized carbons (Fsp3) is 0.0588. The average Bonchev–Trinajstić information content (AvgIpc) is 2.67. The van der Waals surface area contributed by atoms with Crippen LogP contribution >= 0.6 is 11.6 Å². The van der Waals surface area contributed by atoms with Crippen LogP contribution in [0.25, 0.3) is 0 Å². The van der Waals surface area contributed by atoms with Gasteiger partial charge < -0.3 is 5.32 Å². The maximum absolute atomic E-state index is 12.2. The maximum Gasteiger partial charge on any atom is 0.355 e. The molecule has 3 N–H and O–H groups in total. The first-order chi connectivity index (χ1) is 13.4. The molecule has 3 aromatic rings. The van der Waals surface area contributed by atoms with Gasteiger partial charge in [-0.15, -0.1) is 0 Å². The van der Waals surface area contributed by atoms with E-state index in [4.69, 9.17) is 11.6 Å². The van der Waals surface area contributed by atoms with Crippen LogP contribution in [0.3, 0.4) is 0 Å². The van der Waals surface area contributed by atoms with Gasteiger partial charge in [-0.3, -0.25) is 25.8 Å². The number of nitrogens with one attached hydrogen (secondary N) is 3. The van der Waals surface area contributed by atoms with Gasteiger partial charge in [-0.25, -0.2) is 15.0 Å². The van der Waals surface area contributed by atoms with Gasteiger partial charge in [-0.05, 0) is 36.8 Å². The van der Waals surface area contributed by atoms with Gasteiger partial charge in [0.25, 0.3) is 5.91 Å². The Labute approximate surface area is 164 Å². The highest BCUT2D eigenvalue weighted by Crippen LogP contribution is 2.30. The topological polar surface area (TPSA) is 135 Å². The molecule has 2 heterocycles. The standard InChI is InChI=1S/C17H14ClN7O3/c1-10-5-6-13(19-8-10)22-15-14(25(27)28)16(21-9-20-15)23-24-17(26)11-3-2-4-12(18)7-11/h2-9H,1H3,(H,24,26)(H2,19,20,21,22,23). The number of halogens is 1. The molecule has 0 radical (unpaired) electrons. The minimum Gasteiger partial charge on any atom is -0.319 e. The van der Waals surface area contributed by atoms with E-state index in [0.29, 0.717) is 10.8 Å². The summed E-state index contributed by atoms with van der Waals surface area (Å²) in [5.41, 5.74) is 5.57. The van der Waals surface area contributed by atoms with Crippen LogP contribution < -0.4 is 16.2 Å². The summed E-state index contributed by atoms with van der Waals surface area (Å²) in [7, 11) is 0. The predicted molar refractivity (Wildman–Crippen MR) is 103 cm³/mol. The van der Waals surface area contributed by atoms with Gasteiger partial charge in [0, 0.05) is 16.8 Å². The van der Waals surface area contributed by atoms with Crippen LogP contribution in [0.15, 0.2) is 48.9 Å². The molecule has 1 amide bonds. The quantitative estimate of drug-likeness (QED) is 0.424. The Hall–Kier alpha value is -3.79. The third kappa shape index (κ3) is 4.48. The molecule has 0 aliphatic heterocycles. The summed E-state index contributed by atoms with van der Waals surface area (Å²) in [6.45, 7) is 1.87. The number of pyridine rings is 1. The zero-order valence-electron chi connectivity index (χ0n) is 14.5. The molecule has 0 fully saturated rings. The first-order valence-electron chi connectivity index (χ1n) is 7.95. The van der Waals surface area contributed by atoms with Gasteiger partial charge in [0.1, 0.15) is 12.1 Å². The Morgan fingerprint density at radius 3 is 2.61 bits per heavy atom. The summed E-state index contributed by atoms with van der Waals surface area (Å²) < 4.78 is 0. The molecule has 3 rings (SSSR count). The van der Waals surface area contributed by atoms with Crippen LogP contribution in [0.2, 0.25) is 5.02 Å². The number of carbonyl (C=O) groups excluding carboxylic acids is 1. The Morgan fingerprint density at radius 1 is 1.14 bits per heavy atom. The number of benzene rings is 1. The van der Waals surface area contributed by atoms with Crippen molar-refractivity contribution in [3.05, 3.63) is 75.2 Å². The first-order valence-corrected chi connectivity index (χ1v) is 8.33. The molecule has 0 saturated heterocycles. The molecule has 2 aromatic heterocycles. The molecule has 0 atom stereocenters. The molecule has 10 nitrogen and oxygen atoms in total. The minimum atomic E-state index is -0.662. The average molecular weight is 400 g/mol. The highest BCUT2D eigenvalue weighted by molar-refractivity contribution is 6.30. The monoisotopic (exact) mass is 399 g/mol. The van der Waals surface area contributed by atoms with Crippen molar-refractivity contribution < 1.29 is 9.72 Å². The van der Waals surface area contributed by atoms with E-state index in [-0.39, 0.29) is 17.2 Å². The van der Waals surface area contributed by atoms with Crippen molar-refractivity contribution in [2.24, 2.45) is 0 Å². The fourth-order valence-electron chi connectivity index (χ4n) is 2.22. The number of hydrogen-bond donors (Lipinski definition) is 3. The van der Waals surface area contributed by atoms with Crippen LogP contribution in [0.1, 0.15) is 15.9 Å². The Bertz CT molecular complexity index is 1030. The molecule has 0 saturated carbocycles. The number of amides is 1. The van der Waals surface area contributed by atoms with Crippen molar-refractivity contribution in [3.63, 3.8) is 0 Å². The molecule has 28 heavy (non-hydrogen) atoms. The number of rotatable bonds is 6. The van der Waals surface area contributed by atoms with Gasteiger partial charge in [-0.2, -0.15) is 0 Å². The van der Waals surface area contributed by atoms with Gasteiger partial charge in [0.05, 0.1) is 4.92 Å². The molecule has 11 heteroatoms. The second kappa shape index (κ2) is 8.27. The lowest BCUT2D eigenvalue weighted by molar-refractivity contribution is -0.383. The largest absolute Gasteiger partial charge is 0.355 e. The van der Waals surface area contributed by atoms with Gasteiger partial charge in [-0.1, -0.05) is 23.7 Å². The van der Waals surface area contributed by atoms with Crippen molar-refractivity contribution in [1.82, 2.24) is 20.4 Å². The lowest BCUT2D eigenvalue weighted by Gasteiger charge is -2.11. The molecule has 0 aliphatic rings. The summed E-state index contributed by atoms with van der Waals surface area (Å²) in [6, 6.07) is 9.71. The molecular weight excluding hydrogens is 386 g/mol. The number of hydrogen-bond acceptors (Lipinski definition) is 8. The maximum atomic E-state index is 12.2. The highest BCUT2D eigenvalue weighted by atomic mass is 35.5. The Kier molecular flexibility index (Phi) is 5.61. The van der Waals surface area contributed by atoms with E-state index in [0.717, 1.165) is 11.9 Å². The van der Waals surface area contributed by atoms with Crippen molar-refractivity contribution >= 4 is 40.6 Å². The van der Waals surface area contributed by atoms with E-state index >= 15 is 0 Å². The molecule has 0 unspecified atom stereocenters. The number of nitrogens with zero attached hydrogens (tertiary/aromatic N) is 4. The summed E-state index contributed by atoms with van der Waals surface area (Å²) in [4.78, 5) is 34.9. The van der Waals surface area contributed by atoms with E-state index in [9.17, 15) is 14.9 Å². The van der Waals surface area contributed by atoms with E-state index in [1.54, 1.807) is 36.5 Å². The summed E-state index contributed by atoms with van der Waals surface area (Å²) in [5.74, 6) is -0.424. The number of aromatic nitrogens is 3. The summed E-state index contributed by atoms with van der Waals surface area (Å²) in [6.07, 6.45) is 2.73. The zero-order valence-corrected chi connectivity index (χ0v) is 15.3. The fourth-order valence-corrected chi connectivity index (χ4v) is 2.41. The normalized spacial score (nSPS) is 10.2. The number of hydrazine groups is 1. The second-order valence-electron chi connectivity index (χ2n) is 5.61. The lowest BCUT2D eigenvalue weighted by Crippen LogP contribution is -2.30. The van der Waals surface area contributed by atoms with E-state index in [2.05, 4.69) is 31.1 Å². The molecule has 0 spiro atoms. The van der Waals surface area contributed by atoms with Crippen LogP contribution in [0.5, 0.6) is 0 Å². The van der Waals surface area contributed by atoms with Crippen molar-refractivity contribution in [2.75, 3.05) is 10.7 Å². The zero-order chi connectivity index (χ0) is 20.1. The lowest BCUT2D eigenvalue weighted by atomic mass is 10.2. The van der Waals surface area contributed by atoms with Gasteiger partial charge >= 0.3 is 5.69 Å².